The average Bonchev–Trinajstić information content (AvgIpc) is 2.82. The van der Waals surface area contributed by atoms with Crippen LogP contribution >= 0.6 is 7.82 Å². The number of esters is 1. The predicted octanol–water partition coefficient (Wildman–Crippen LogP) is 5.35. The van der Waals surface area contributed by atoms with Gasteiger partial charge >= 0.3 is 13.8 Å². The van der Waals surface area contributed by atoms with E-state index in [4.69, 9.17) is 10.5 Å². The van der Waals surface area contributed by atoms with Crippen molar-refractivity contribution in [2.45, 2.75) is 90.1 Å². The molecule has 0 fully saturated rings. The number of carbonyl (C=O) groups excluding carboxylic acids is 1. The number of aliphatic hydroxyl groups excluding tert-OH is 1. The van der Waals surface area contributed by atoms with E-state index in [1.165, 1.54) is 44.9 Å². The van der Waals surface area contributed by atoms with E-state index in [1.807, 2.05) is 6.08 Å². The number of hydrogen-bond donors (Lipinski definition) is 3. The molecule has 8 nitrogen and oxygen atoms in total. The standard InChI is InChI=1S/C25H46NO7P/c1-2-3-4-5-6-7-8-9-10-11-12-13-14-15-16-17-18-19-25(28)31-22-24(27)23-33-34(29,30)32-21-20-26/h9-10,12-13,15-16,24,27H,2-8,11,14,17-23,26H2,1H3,(H,29,30)/b10-9+,13-12+,16-15+/t24-/m1/s1. The zero-order chi connectivity index (χ0) is 25.3. The lowest BCUT2D eigenvalue weighted by Gasteiger charge is -2.15. The molecule has 9 heteroatoms. The predicted molar refractivity (Wildman–Crippen MR) is 136 cm³/mol. The van der Waals surface area contributed by atoms with Crippen LogP contribution in [-0.2, 0) is 23.1 Å². The monoisotopic (exact) mass is 503 g/mol. The van der Waals surface area contributed by atoms with Gasteiger partial charge in [-0.05, 0) is 38.5 Å². The fourth-order valence-corrected chi connectivity index (χ4v) is 3.65. The molecule has 0 aromatic carbocycles. The normalized spacial score (nSPS) is 14.8. The van der Waals surface area contributed by atoms with Gasteiger partial charge in [-0.25, -0.2) is 4.57 Å². The Balaban J connectivity index is 3.63. The second-order valence-electron chi connectivity index (χ2n) is 8.06. The molecule has 34 heavy (non-hydrogen) atoms. The molecule has 0 aliphatic carbocycles. The van der Waals surface area contributed by atoms with E-state index in [9.17, 15) is 19.4 Å². The third-order valence-corrected chi connectivity index (χ3v) is 5.74. The quantitative estimate of drug-likeness (QED) is 0.0736. The third-order valence-electron chi connectivity index (χ3n) is 4.76. The molecule has 0 saturated carbocycles. The highest BCUT2D eigenvalue weighted by Crippen LogP contribution is 2.42. The van der Waals surface area contributed by atoms with Crippen LogP contribution in [0.5, 0.6) is 0 Å². The van der Waals surface area contributed by atoms with E-state index < -0.39 is 26.5 Å². The van der Waals surface area contributed by atoms with Gasteiger partial charge in [0.15, 0.2) is 0 Å². The molecule has 0 heterocycles. The Kier molecular flexibility index (Phi) is 22.6. The molecule has 0 aliphatic rings. The van der Waals surface area contributed by atoms with Crippen LogP contribution in [0.1, 0.15) is 84.0 Å². The molecular formula is C25H46NO7P. The van der Waals surface area contributed by atoms with Crippen LogP contribution in [-0.4, -0.2) is 48.4 Å². The van der Waals surface area contributed by atoms with E-state index in [0.29, 0.717) is 6.42 Å². The molecular weight excluding hydrogens is 457 g/mol. The Hall–Kier alpha value is -1.28. The average molecular weight is 504 g/mol. The van der Waals surface area contributed by atoms with Crippen LogP contribution in [0, 0.1) is 0 Å². The van der Waals surface area contributed by atoms with Crippen molar-refractivity contribution in [1.82, 2.24) is 0 Å². The zero-order valence-corrected chi connectivity index (χ0v) is 21.7. The first-order valence-electron chi connectivity index (χ1n) is 12.5. The van der Waals surface area contributed by atoms with Crippen LogP contribution in [0.25, 0.3) is 0 Å². The summed E-state index contributed by atoms with van der Waals surface area (Å²) in [5, 5.41) is 9.67. The van der Waals surface area contributed by atoms with Crippen LogP contribution in [0.4, 0.5) is 0 Å². The first kappa shape index (κ1) is 32.7. The number of unbranched alkanes of at least 4 members (excludes halogenated alkanes) is 7. The molecule has 1 unspecified atom stereocenters. The minimum atomic E-state index is -4.25. The van der Waals surface area contributed by atoms with Gasteiger partial charge in [0.05, 0.1) is 13.2 Å². The Morgan fingerprint density at radius 2 is 1.47 bits per heavy atom. The molecule has 0 aromatic heterocycles. The summed E-state index contributed by atoms with van der Waals surface area (Å²) in [5.41, 5.74) is 5.16. The molecule has 0 saturated heterocycles. The maximum absolute atomic E-state index is 11.7. The highest BCUT2D eigenvalue weighted by Gasteiger charge is 2.22. The first-order chi connectivity index (χ1) is 16.4. The van der Waals surface area contributed by atoms with Crippen LogP contribution in [0.2, 0.25) is 0 Å². The molecule has 0 aromatic rings. The number of hydrogen-bond acceptors (Lipinski definition) is 7. The number of carbonyl (C=O) groups is 1. The molecule has 198 valence electrons. The minimum Gasteiger partial charge on any atom is -0.463 e. The van der Waals surface area contributed by atoms with Crippen LogP contribution < -0.4 is 5.73 Å². The third kappa shape index (κ3) is 23.9. The van der Waals surface area contributed by atoms with Gasteiger partial charge in [0.2, 0.25) is 0 Å². The number of allylic oxidation sites excluding steroid dienone is 6. The molecule has 0 bridgehead atoms. The van der Waals surface area contributed by atoms with Gasteiger partial charge in [-0.3, -0.25) is 13.8 Å². The lowest BCUT2D eigenvalue weighted by atomic mass is 10.1. The van der Waals surface area contributed by atoms with Gasteiger partial charge in [0, 0.05) is 13.0 Å². The largest absolute Gasteiger partial charge is 0.472 e. The lowest BCUT2D eigenvalue weighted by molar-refractivity contribution is -0.147. The summed E-state index contributed by atoms with van der Waals surface area (Å²) in [4.78, 5) is 21.0. The van der Waals surface area contributed by atoms with Crippen molar-refractivity contribution in [2.24, 2.45) is 5.73 Å². The zero-order valence-electron chi connectivity index (χ0n) is 20.8. The summed E-state index contributed by atoms with van der Waals surface area (Å²) >= 11 is 0. The smallest absolute Gasteiger partial charge is 0.463 e. The first-order valence-corrected chi connectivity index (χ1v) is 14.0. The van der Waals surface area contributed by atoms with E-state index in [1.54, 1.807) is 0 Å². The summed E-state index contributed by atoms with van der Waals surface area (Å²) in [6.45, 7) is 1.36. The number of nitrogens with two attached hydrogens (primary N) is 1. The summed E-state index contributed by atoms with van der Waals surface area (Å²) < 4.78 is 25.5. The second-order valence-corrected chi connectivity index (χ2v) is 9.51. The van der Waals surface area contributed by atoms with Gasteiger partial charge in [0.25, 0.3) is 0 Å². The van der Waals surface area contributed by atoms with Gasteiger partial charge < -0.3 is 20.5 Å². The maximum atomic E-state index is 11.7. The molecule has 0 radical (unpaired) electrons. The number of phosphoric acid groups is 1. The van der Waals surface area contributed by atoms with Gasteiger partial charge in [-0.1, -0.05) is 75.5 Å². The van der Waals surface area contributed by atoms with Gasteiger partial charge in [-0.2, -0.15) is 0 Å². The van der Waals surface area contributed by atoms with Crippen molar-refractivity contribution >= 4 is 13.8 Å². The summed E-state index contributed by atoms with van der Waals surface area (Å²) in [6.07, 6.45) is 24.3. The van der Waals surface area contributed by atoms with Crippen molar-refractivity contribution < 1.29 is 33.1 Å². The SMILES string of the molecule is CCCCCCCC/C=C/C/C=C/C/C=C/CCCC(=O)OC[C@@H](O)COP(=O)(O)OCCN. The van der Waals surface area contributed by atoms with Crippen molar-refractivity contribution in [2.75, 3.05) is 26.4 Å². The van der Waals surface area contributed by atoms with E-state index in [2.05, 4.69) is 46.4 Å². The van der Waals surface area contributed by atoms with E-state index in [0.717, 1.165) is 19.3 Å². The Bertz CT molecular complexity index is 622. The number of aliphatic hydroxyl groups is 1. The van der Waals surface area contributed by atoms with Crippen molar-refractivity contribution in [3.05, 3.63) is 36.5 Å². The summed E-state index contributed by atoms with van der Waals surface area (Å²) in [7, 11) is -4.25. The van der Waals surface area contributed by atoms with E-state index >= 15 is 0 Å². The Labute approximate surface area is 205 Å². The lowest BCUT2D eigenvalue weighted by Crippen LogP contribution is -2.23. The van der Waals surface area contributed by atoms with Crippen molar-refractivity contribution in [3.8, 4) is 0 Å². The number of phosphoric ester groups is 1. The number of ether oxygens (including phenoxy) is 1. The van der Waals surface area contributed by atoms with Gasteiger partial charge in [0.1, 0.15) is 12.7 Å². The fraction of sp³-hybridized carbons (Fsp3) is 0.720. The number of rotatable bonds is 23. The molecule has 0 rings (SSSR count). The highest BCUT2D eigenvalue weighted by atomic mass is 31.2. The van der Waals surface area contributed by atoms with Gasteiger partial charge in [-0.15, -0.1) is 0 Å². The molecule has 0 spiro atoms. The van der Waals surface area contributed by atoms with Crippen LogP contribution in [0.15, 0.2) is 36.5 Å². The summed E-state index contributed by atoms with van der Waals surface area (Å²) in [5.74, 6) is -0.438. The highest BCUT2D eigenvalue weighted by molar-refractivity contribution is 7.47. The molecule has 0 amide bonds. The minimum absolute atomic E-state index is 0.0664. The molecule has 2 atom stereocenters. The Morgan fingerprint density at radius 3 is 2.12 bits per heavy atom. The molecule has 4 N–H and O–H groups in total. The second kappa shape index (κ2) is 23.5. The van der Waals surface area contributed by atoms with Crippen molar-refractivity contribution in [1.29, 1.82) is 0 Å². The molecule has 0 aliphatic heterocycles. The Morgan fingerprint density at radius 1 is 0.882 bits per heavy atom. The fourth-order valence-electron chi connectivity index (χ4n) is 2.88. The maximum Gasteiger partial charge on any atom is 0.472 e. The van der Waals surface area contributed by atoms with Crippen LogP contribution in [0.3, 0.4) is 0 Å². The topological polar surface area (TPSA) is 128 Å². The van der Waals surface area contributed by atoms with E-state index in [-0.39, 0.29) is 26.2 Å². The summed E-state index contributed by atoms with van der Waals surface area (Å²) in [6, 6.07) is 0. The van der Waals surface area contributed by atoms with Crippen molar-refractivity contribution in [3.63, 3.8) is 0 Å².